The summed E-state index contributed by atoms with van der Waals surface area (Å²) >= 11 is 0. The average molecular weight is 403 g/mol. The molecule has 1 saturated heterocycles. The molecule has 0 saturated carbocycles. The molecule has 1 aliphatic rings. The molecule has 1 aliphatic heterocycles. The molecule has 0 radical (unpaired) electrons. The molecule has 0 atom stereocenters. The Kier molecular flexibility index (Phi) is 8.29. The van der Waals surface area contributed by atoms with Crippen LogP contribution < -0.4 is 16.0 Å². The summed E-state index contributed by atoms with van der Waals surface area (Å²) in [5.41, 5.74) is 8.23. The number of nitrogens with one attached hydrogen (secondary N) is 1. The molecule has 0 bridgehead atoms. The Bertz CT molecular complexity index is 785. The molecule has 0 aromatic heterocycles. The number of carbonyl (C=O) groups excluding carboxylic acids is 2. The van der Waals surface area contributed by atoms with Gasteiger partial charge in [0.15, 0.2) is 0 Å². The molecule has 7 heteroatoms. The number of anilines is 1. The Balaban J connectivity index is 0.00000280. The van der Waals surface area contributed by atoms with Crippen LogP contribution in [0.2, 0.25) is 0 Å². The quantitative estimate of drug-likeness (QED) is 0.747. The van der Waals surface area contributed by atoms with Crippen molar-refractivity contribution < 1.29 is 9.59 Å². The molecule has 0 aliphatic carbocycles. The first kappa shape index (κ1) is 21.7. The lowest BCUT2D eigenvalue weighted by Crippen LogP contribution is -2.46. The van der Waals surface area contributed by atoms with Gasteiger partial charge in [-0.15, -0.1) is 12.4 Å². The predicted molar refractivity (Wildman–Crippen MR) is 114 cm³/mol. The maximum atomic E-state index is 13.0. The molecular weight excluding hydrogens is 376 g/mol. The van der Waals surface area contributed by atoms with Crippen LogP contribution in [0.25, 0.3) is 0 Å². The van der Waals surface area contributed by atoms with E-state index in [1.165, 1.54) is 5.56 Å². The van der Waals surface area contributed by atoms with Gasteiger partial charge in [0.1, 0.15) is 0 Å². The normalized spacial score (nSPS) is 13.5. The Morgan fingerprint density at radius 3 is 2.61 bits per heavy atom. The van der Waals surface area contributed by atoms with E-state index in [0.717, 1.165) is 18.5 Å². The summed E-state index contributed by atoms with van der Waals surface area (Å²) in [5, 5.41) is 2.84. The SMILES string of the molecule is Cl.NCCN(CCc1ccccc1)C(=O)c1cccc(N2CCCNC2=O)c1. The summed E-state index contributed by atoms with van der Waals surface area (Å²) < 4.78 is 0. The van der Waals surface area contributed by atoms with Crippen LogP contribution in [-0.4, -0.2) is 49.6 Å². The molecule has 3 rings (SSSR count). The van der Waals surface area contributed by atoms with Crippen LogP contribution in [0.15, 0.2) is 54.6 Å². The minimum absolute atomic E-state index is 0. The fourth-order valence-electron chi connectivity index (χ4n) is 3.24. The molecule has 2 aromatic rings. The second-order valence-electron chi connectivity index (χ2n) is 6.60. The number of nitrogens with two attached hydrogens (primary N) is 1. The van der Waals surface area contributed by atoms with Gasteiger partial charge in [0, 0.05) is 44.0 Å². The minimum atomic E-state index is -0.117. The van der Waals surface area contributed by atoms with E-state index in [9.17, 15) is 9.59 Å². The number of hydrogen-bond donors (Lipinski definition) is 2. The van der Waals surface area contributed by atoms with Crippen molar-refractivity contribution in [2.75, 3.05) is 37.6 Å². The highest BCUT2D eigenvalue weighted by atomic mass is 35.5. The third-order valence-corrected chi connectivity index (χ3v) is 4.68. The monoisotopic (exact) mass is 402 g/mol. The number of benzene rings is 2. The number of urea groups is 1. The van der Waals surface area contributed by atoms with Crippen LogP contribution in [-0.2, 0) is 6.42 Å². The van der Waals surface area contributed by atoms with E-state index >= 15 is 0 Å². The van der Waals surface area contributed by atoms with Crippen molar-refractivity contribution in [3.8, 4) is 0 Å². The smallest absolute Gasteiger partial charge is 0.321 e. The fourth-order valence-corrected chi connectivity index (χ4v) is 3.24. The second kappa shape index (κ2) is 10.7. The Morgan fingerprint density at radius 1 is 1.11 bits per heavy atom. The fraction of sp³-hybridized carbons (Fsp3) is 0.333. The molecule has 150 valence electrons. The first-order valence-electron chi connectivity index (χ1n) is 9.38. The lowest BCUT2D eigenvalue weighted by Gasteiger charge is -2.28. The van der Waals surface area contributed by atoms with E-state index < -0.39 is 0 Å². The number of halogens is 1. The van der Waals surface area contributed by atoms with E-state index in [0.29, 0.717) is 38.3 Å². The van der Waals surface area contributed by atoms with Crippen LogP contribution in [0, 0.1) is 0 Å². The third kappa shape index (κ3) is 5.47. The van der Waals surface area contributed by atoms with E-state index in [4.69, 9.17) is 5.73 Å². The molecule has 0 spiro atoms. The van der Waals surface area contributed by atoms with E-state index in [2.05, 4.69) is 17.4 Å². The number of nitrogens with zero attached hydrogens (tertiary/aromatic N) is 2. The molecule has 3 amide bonds. The molecule has 1 heterocycles. The van der Waals surface area contributed by atoms with E-state index in [1.807, 2.05) is 30.3 Å². The second-order valence-corrected chi connectivity index (χ2v) is 6.60. The Hall–Kier alpha value is -2.57. The van der Waals surface area contributed by atoms with E-state index in [-0.39, 0.29) is 24.3 Å². The van der Waals surface area contributed by atoms with Crippen molar-refractivity contribution in [1.82, 2.24) is 10.2 Å². The van der Waals surface area contributed by atoms with Gasteiger partial charge in [-0.3, -0.25) is 9.69 Å². The number of carbonyl (C=O) groups is 2. The summed E-state index contributed by atoms with van der Waals surface area (Å²) in [6.45, 7) is 2.87. The number of hydrogen-bond acceptors (Lipinski definition) is 3. The van der Waals surface area contributed by atoms with Gasteiger partial charge >= 0.3 is 6.03 Å². The van der Waals surface area contributed by atoms with Gasteiger partial charge in [0.05, 0.1) is 0 Å². The first-order chi connectivity index (χ1) is 13.2. The van der Waals surface area contributed by atoms with Gasteiger partial charge in [-0.2, -0.15) is 0 Å². The maximum absolute atomic E-state index is 13.0. The maximum Gasteiger partial charge on any atom is 0.321 e. The van der Waals surface area contributed by atoms with Crippen molar-refractivity contribution in [3.05, 3.63) is 65.7 Å². The number of rotatable bonds is 7. The van der Waals surface area contributed by atoms with Crippen LogP contribution in [0.5, 0.6) is 0 Å². The zero-order valence-corrected chi connectivity index (χ0v) is 16.7. The molecule has 2 aromatic carbocycles. The summed E-state index contributed by atoms with van der Waals surface area (Å²) in [6.07, 6.45) is 1.67. The van der Waals surface area contributed by atoms with Gasteiger partial charge in [0.2, 0.25) is 0 Å². The van der Waals surface area contributed by atoms with Crippen molar-refractivity contribution in [3.63, 3.8) is 0 Å². The summed E-state index contributed by atoms with van der Waals surface area (Å²) in [5.74, 6) is -0.0596. The molecule has 6 nitrogen and oxygen atoms in total. The lowest BCUT2D eigenvalue weighted by molar-refractivity contribution is 0.0762. The lowest BCUT2D eigenvalue weighted by atomic mass is 10.1. The molecule has 28 heavy (non-hydrogen) atoms. The number of amides is 3. The van der Waals surface area contributed by atoms with E-state index in [1.54, 1.807) is 21.9 Å². The van der Waals surface area contributed by atoms with Crippen molar-refractivity contribution >= 4 is 30.0 Å². The molecule has 3 N–H and O–H groups in total. The summed E-state index contributed by atoms with van der Waals surface area (Å²) in [4.78, 5) is 28.6. The third-order valence-electron chi connectivity index (χ3n) is 4.68. The van der Waals surface area contributed by atoms with Crippen LogP contribution >= 0.6 is 12.4 Å². The molecular formula is C21H27ClN4O2. The van der Waals surface area contributed by atoms with Crippen molar-refractivity contribution in [2.24, 2.45) is 5.73 Å². The van der Waals surface area contributed by atoms with Gasteiger partial charge in [-0.25, -0.2) is 4.79 Å². The standard InChI is InChI=1S/C21H26N4O2.ClH/c22-11-15-24(14-10-17-6-2-1-3-7-17)20(26)18-8-4-9-19(16-18)25-13-5-12-23-21(25)27;/h1-4,6-9,16H,5,10-15,22H2,(H,23,27);1H. The Labute approximate surface area is 172 Å². The topological polar surface area (TPSA) is 78.7 Å². The van der Waals surface area contributed by atoms with Crippen LogP contribution in [0.1, 0.15) is 22.3 Å². The van der Waals surface area contributed by atoms with Crippen molar-refractivity contribution in [1.29, 1.82) is 0 Å². The van der Waals surface area contributed by atoms with Crippen molar-refractivity contribution in [2.45, 2.75) is 12.8 Å². The van der Waals surface area contributed by atoms with Gasteiger partial charge in [-0.05, 0) is 36.6 Å². The molecule has 0 unspecified atom stereocenters. The zero-order chi connectivity index (χ0) is 19.1. The highest BCUT2D eigenvalue weighted by molar-refractivity contribution is 5.98. The minimum Gasteiger partial charge on any atom is -0.338 e. The first-order valence-corrected chi connectivity index (χ1v) is 9.38. The highest BCUT2D eigenvalue weighted by Crippen LogP contribution is 2.19. The van der Waals surface area contributed by atoms with Gasteiger partial charge in [-0.1, -0.05) is 36.4 Å². The van der Waals surface area contributed by atoms with Gasteiger partial charge < -0.3 is 16.0 Å². The summed E-state index contributed by atoms with van der Waals surface area (Å²) in [6, 6.07) is 17.2. The predicted octanol–water partition coefficient (Wildman–Crippen LogP) is 2.67. The summed E-state index contributed by atoms with van der Waals surface area (Å²) in [7, 11) is 0. The highest BCUT2D eigenvalue weighted by Gasteiger charge is 2.21. The van der Waals surface area contributed by atoms with Gasteiger partial charge in [0.25, 0.3) is 5.91 Å². The zero-order valence-electron chi connectivity index (χ0n) is 15.8. The largest absolute Gasteiger partial charge is 0.338 e. The molecule has 1 fully saturated rings. The average Bonchev–Trinajstić information content (AvgIpc) is 2.72. The van der Waals surface area contributed by atoms with Crippen LogP contribution in [0.4, 0.5) is 10.5 Å². The van der Waals surface area contributed by atoms with Crippen LogP contribution in [0.3, 0.4) is 0 Å². The Morgan fingerprint density at radius 2 is 1.89 bits per heavy atom.